The molecule has 0 bridgehead atoms. The first kappa shape index (κ1) is 15.0. The summed E-state index contributed by atoms with van der Waals surface area (Å²) in [6.07, 6.45) is 0.231. The molecule has 0 aliphatic heterocycles. The Kier molecular flexibility index (Phi) is 4.77. The third kappa shape index (κ3) is 3.37. The molecule has 0 aliphatic rings. The molecule has 2 aromatic rings. The van der Waals surface area contributed by atoms with Crippen LogP contribution in [0.1, 0.15) is 29.4 Å². The van der Waals surface area contributed by atoms with Crippen LogP contribution in [0.3, 0.4) is 0 Å². The van der Waals surface area contributed by atoms with E-state index < -0.39 is 0 Å². The SMILES string of the molecule is CCOC(=O)CCC(=O)c1cc2cc(Br)c(O)cc2s1. The number of ether oxygens (including phenoxy) is 1. The fourth-order valence-corrected chi connectivity index (χ4v) is 3.16. The molecule has 2 rings (SSSR count). The van der Waals surface area contributed by atoms with Gasteiger partial charge in [0.15, 0.2) is 5.78 Å². The number of phenolic OH excluding ortho intramolecular Hbond substituents is 1. The van der Waals surface area contributed by atoms with Gasteiger partial charge in [0.05, 0.1) is 22.4 Å². The maximum atomic E-state index is 12.0. The number of ketones is 1. The van der Waals surface area contributed by atoms with Crippen LogP contribution >= 0.6 is 27.3 Å². The number of aromatic hydroxyl groups is 1. The molecule has 0 fully saturated rings. The highest BCUT2D eigenvalue weighted by atomic mass is 79.9. The Morgan fingerprint density at radius 1 is 1.30 bits per heavy atom. The second-order valence-corrected chi connectivity index (χ2v) is 6.12. The van der Waals surface area contributed by atoms with E-state index in [0.717, 1.165) is 10.1 Å². The second-order valence-electron chi connectivity index (χ2n) is 4.18. The van der Waals surface area contributed by atoms with Crippen molar-refractivity contribution in [3.8, 4) is 5.75 Å². The van der Waals surface area contributed by atoms with E-state index in [1.54, 1.807) is 25.1 Å². The zero-order valence-corrected chi connectivity index (χ0v) is 13.2. The molecule has 0 saturated carbocycles. The number of carbonyl (C=O) groups is 2. The lowest BCUT2D eigenvalue weighted by Crippen LogP contribution is -2.07. The van der Waals surface area contributed by atoms with Gasteiger partial charge in [0.25, 0.3) is 0 Å². The lowest BCUT2D eigenvalue weighted by atomic mass is 10.1. The van der Waals surface area contributed by atoms with Crippen LogP contribution in [-0.4, -0.2) is 23.5 Å². The molecule has 1 aromatic heterocycles. The molecule has 0 spiro atoms. The van der Waals surface area contributed by atoms with Gasteiger partial charge in [-0.15, -0.1) is 11.3 Å². The first-order valence-electron chi connectivity index (χ1n) is 6.12. The van der Waals surface area contributed by atoms with Crippen molar-refractivity contribution < 1.29 is 19.4 Å². The number of hydrogen-bond acceptors (Lipinski definition) is 5. The maximum Gasteiger partial charge on any atom is 0.306 e. The predicted molar refractivity (Wildman–Crippen MR) is 81.4 cm³/mol. The average molecular weight is 357 g/mol. The van der Waals surface area contributed by atoms with E-state index in [9.17, 15) is 14.7 Å². The Bertz CT molecular complexity index is 623. The number of benzene rings is 1. The Morgan fingerprint density at radius 2 is 2.05 bits per heavy atom. The molecule has 0 aliphatic carbocycles. The second kappa shape index (κ2) is 6.37. The lowest BCUT2D eigenvalue weighted by Gasteiger charge is -1.99. The molecule has 1 heterocycles. The highest BCUT2D eigenvalue weighted by Gasteiger charge is 2.14. The van der Waals surface area contributed by atoms with Crippen molar-refractivity contribution in [1.82, 2.24) is 0 Å². The van der Waals surface area contributed by atoms with Crippen molar-refractivity contribution in [3.05, 3.63) is 27.5 Å². The number of halogens is 1. The molecule has 6 heteroatoms. The summed E-state index contributed by atoms with van der Waals surface area (Å²) in [5.74, 6) is -0.304. The summed E-state index contributed by atoms with van der Waals surface area (Å²) in [6, 6.07) is 5.16. The first-order valence-corrected chi connectivity index (χ1v) is 7.73. The van der Waals surface area contributed by atoms with Crippen molar-refractivity contribution >= 4 is 49.1 Å². The zero-order valence-electron chi connectivity index (χ0n) is 10.8. The van der Waals surface area contributed by atoms with Crippen molar-refractivity contribution in [2.75, 3.05) is 6.61 Å². The van der Waals surface area contributed by atoms with E-state index in [1.807, 2.05) is 0 Å². The van der Waals surface area contributed by atoms with Crippen molar-refractivity contribution in [3.63, 3.8) is 0 Å². The van der Waals surface area contributed by atoms with Gasteiger partial charge in [-0.3, -0.25) is 9.59 Å². The minimum Gasteiger partial charge on any atom is -0.507 e. The van der Waals surface area contributed by atoms with E-state index in [4.69, 9.17) is 4.74 Å². The van der Waals surface area contributed by atoms with Crippen LogP contribution in [0, 0.1) is 0 Å². The molecule has 106 valence electrons. The van der Waals surface area contributed by atoms with Gasteiger partial charge in [0.1, 0.15) is 5.75 Å². The van der Waals surface area contributed by atoms with Gasteiger partial charge in [-0.2, -0.15) is 0 Å². The number of rotatable bonds is 5. The quantitative estimate of drug-likeness (QED) is 0.651. The van der Waals surface area contributed by atoms with Crippen LogP contribution in [0.2, 0.25) is 0 Å². The summed E-state index contributed by atoms with van der Waals surface area (Å²) in [5, 5.41) is 10.5. The zero-order chi connectivity index (χ0) is 14.7. The third-order valence-corrected chi connectivity index (χ3v) is 4.50. The molecule has 0 atom stereocenters. The Balaban J connectivity index is 2.12. The topological polar surface area (TPSA) is 63.6 Å². The molecule has 0 unspecified atom stereocenters. The third-order valence-electron chi connectivity index (χ3n) is 2.72. The normalized spacial score (nSPS) is 10.7. The predicted octanol–water partition coefficient (Wildman–Crippen LogP) is 3.90. The van der Waals surface area contributed by atoms with Crippen LogP contribution in [0.25, 0.3) is 10.1 Å². The van der Waals surface area contributed by atoms with Gasteiger partial charge in [0.2, 0.25) is 0 Å². The fraction of sp³-hybridized carbons (Fsp3) is 0.286. The summed E-state index contributed by atoms with van der Waals surface area (Å²) in [5.41, 5.74) is 0. The Labute approximate surface area is 128 Å². The lowest BCUT2D eigenvalue weighted by molar-refractivity contribution is -0.143. The highest BCUT2D eigenvalue weighted by Crippen LogP contribution is 2.34. The van der Waals surface area contributed by atoms with Crippen molar-refractivity contribution in [2.24, 2.45) is 0 Å². The minimum atomic E-state index is -0.359. The summed E-state index contributed by atoms with van der Waals surface area (Å²) in [4.78, 5) is 23.8. The molecule has 0 saturated heterocycles. The molecule has 4 nitrogen and oxygen atoms in total. The number of phenols is 1. The van der Waals surface area contributed by atoms with E-state index in [0.29, 0.717) is 16.0 Å². The maximum absolute atomic E-state index is 12.0. The van der Waals surface area contributed by atoms with Gasteiger partial charge in [-0.25, -0.2) is 0 Å². The van der Waals surface area contributed by atoms with Gasteiger partial charge in [-0.05, 0) is 46.4 Å². The van der Waals surface area contributed by atoms with Crippen LogP contribution < -0.4 is 0 Å². The number of carbonyl (C=O) groups excluding carboxylic acids is 2. The molecular formula is C14H13BrO4S. The first-order chi connectivity index (χ1) is 9.51. The number of fused-ring (bicyclic) bond motifs is 1. The van der Waals surface area contributed by atoms with Gasteiger partial charge < -0.3 is 9.84 Å². The van der Waals surface area contributed by atoms with Gasteiger partial charge in [0, 0.05) is 11.1 Å². The molecule has 0 amide bonds. The van der Waals surface area contributed by atoms with Gasteiger partial charge in [-0.1, -0.05) is 0 Å². The summed E-state index contributed by atoms with van der Waals surface area (Å²) >= 11 is 4.55. The number of Topliss-reactive ketones (excluding diaryl/α,β-unsaturated/α-hetero) is 1. The average Bonchev–Trinajstić information content (AvgIpc) is 2.80. The van der Waals surface area contributed by atoms with Crippen LogP contribution in [0.15, 0.2) is 22.7 Å². The molecule has 0 radical (unpaired) electrons. The van der Waals surface area contributed by atoms with E-state index in [1.165, 1.54) is 11.3 Å². The largest absolute Gasteiger partial charge is 0.507 e. The molecule has 20 heavy (non-hydrogen) atoms. The van der Waals surface area contributed by atoms with E-state index >= 15 is 0 Å². The summed E-state index contributed by atoms with van der Waals surface area (Å²) < 4.78 is 6.22. The van der Waals surface area contributed by atoms with Crippen LogP contribution in [0.5, 0.6) is 5.75 Å². The monoisotopic (exact) mass is 356 g/mol. The van der Waals surface area contributed by atoms with Crippen molar-refractivity contribution in [1.29, 1.82) is 0 Å². The Morgan fingerprint density at radius 3 is 2.75 bits per heavy atom. The number of thiophene rings is 1. The Hall–Kier alpha value is -1.40. The standard InChI is InChI=1S/C14H13BrO4S/c1-2-19-14(18)4-3-10(16)13-6-8-5-9(15)11(17)7-12(8)20-13/h5-7,17H,2-4H2,1H3. The summed E-state index contributed by atoms with van der Waals surface area (Å²) in [6.45, 7) is 2.05. The fourth-order valence-electron chi connectivity index (χ4n) is 1.76. The molecule has 1 N–H and O–H groups in total. The van der Waals surface area contributed by atoms with Crippen LogP contribution in [-0.2, 0) is 9.53 Å². The van der Waals surface area contributed by atoms with E-state index in [-0.39, 0.29) is 30.3 Å². The van der Waals surface area contributed by atoms with Gasteiger partial charge >= 0.3 is 5.97 Å². The molecular weight excluding hydrogens is 344 g/mol. The van der Waals surface area contributed by atoms with E-state index in [2.05, 4.69) is 15.9 Å². The number of hydrogen-bond donors (Lipinski definition) is 1. The minimum absolute atomic E-state index is 0.0881. The smallest absolute Gasteiger partial charge is 0.306 e. The molecule has 1 aromatic carbocycles. The summed E-state index contributed by atoms with van der Waals surface area (Å²) in [7, 11) is 0. The number of esters is 1. The van der Waals surface area contributed by atoms with Crippen LogP contribution in [0.4, 0.5) is 0 Å². The van der Waals surface area contributed by atoms with Crippen molar-refractivity contribution in [2.45, 2.75) is 19.8 Å². The highest BCUT2D eigenvalue weighted by molar-refractivity contribution is 9.10.